The van der Waals surface area contributed by atoms with Crippen LogP contribution in [0.15, 0.2) is 12.1 Å². The van der Waals surface area contributed by atoms with Gasteiger partial charge in [-0.25, -0.2) is 0 Å². The molecule has 2 unspecified atom stereocenters. The van der Waals surface area contributed by atoms with Gasteiger partial charge in [-0.15, -0.1) is 0 Å². The third kappa shape index (κ3) is 2.04. The molecule has 17 heavy (non-hydrogen) atoms. The van der Waals surface area contributed by atoms with E-state index in [0.717, 1.165) is 55.1 Å². The number of hydrogen-bond donors (Lipinski definition) is 1. The summed E-state index contributed by atoms with van der Waals surface area (Å²) >= 11 is 3.49. The fourth-order valence-electron chi connectivity index (χ4n) is 2.38. The summed E-state index contributed by atoms with van der Waals surface area (Å²) in [6.45, 7) is 1.47. The molecular weight excluding hydrogens is 284 g/mol. The molecular formula is C13H15BrO3. The summed E-state index contributed by atoms with van der Waals surface area (Å²) in [6, 6.07) is 3.95. The van der Waals surface area contributed by atoms with E-state index in [0.29, 0.717) is 0 Å². The summed E-state index contributed by atoms with van der Waals surface area (Å²) in [4.78, 5) is 0.103. The first-order chi connectivity index (χ1) is 8.25. The highest BCUT2D eigenvalue weighted by Gasteiger charge is 2.30. The maximum Gasteiger partial charge on any atom is 0.161 e. The number of halogens is 1. The van der Waals surface area contributed by atoms with E-state index in [2.05, 4.69) is 15.9 Å². The number of fused-ring (bicyclic) bond motifs is 2. The Labute approximate surface area is 109 Å². The third-order valence-corrected chi connectivity index (χ3v) is 4.16. The fraction of sp³-hybridized carbons (Fsp3) is 0.538. The summed E-state index contributed by atoms with van der Waals surface area (Å²) in [6.07, 6.45) is 2.44. The molecule has 3 nitrogen and oxygen atoms in total. The van der Waals surface area contributed by atoms with Gasteiger partial charge >= 0.3 is 0 Å². The predicted molar refractivity (Wildman–Crippen MR) is 68.0 cm³/mol. The topological polar surface area (TPSA) is 38.7 Å². The number of ether oxygens (including phenoxy) is 2. The van der Waals surface area contributed by atoms with Gasteiger partial charge in [-0.2, -0.15) is 0 Å². The Kier molecular flexibility index (Phi) is 3.01. The Balaban J connectivity index is 2.00. The van der Waals surface area contributed by atoms with Gasteiger partial charge in [0.15, 0.2) is 11.5 Å². The van der Waals surface area contributed by atoms with Crippen molar-refractivity contribution in [3.05, 3.63) is 23.3 Å². The standard InChI is InChI=1S/C13H15BrO3/c14-10-5-8-6-11-12(7-9(8)13(10)15)17-4-2-1-3-16-11/h6-7,10,13,15H,1-5H2. The van der Waals surface area contributed by atoms with Crippen LogP contribution in [0.5, 0.6) is 11.5 Å². The summed E-state index contributed by atoms with van der Waals surface area (Å²) in [5.74, 6) is 1.58. The maximum atomic E-state index is 10.0. The highest BCUT2D eigenvalue weighted by atomic mass is 79.9. The number of benzene rings is 1. The zero-order valence-electron chi connectivity index (χ0n) is 9.49. The Hall–Kier alpha value is -0.740. The molecule has 0 saturated heterocycles. The van der Waals surface area contributed by atoms with Gasteiger partial charge in [0.05, 0.1) is 19.3 Å². The second-order valence-electron chi connectivity index (χ2n) is 4.57. The van der Waals surface area contributed by atoms with Crippen molar-refractivity contribution < 1.29 is 14.6 Å². The molecule has 0 spiro atoms. The van der Waals surface area contributed by atoms with Crippen molar-refractivity contribution in [2.75, 3.05) is 13.2 Å². The predicted octanol–water partition coefficient (Wildman–Crippen LogP) is 2.59. The molecule has 0 bridgehead atoms. The van der Waals surface area contributed by atoms with E-state index >= 15 is 0 Å². The number of alkyl halides is 1. The molecule has 0 radical (unpaired) electrons. The van der Waals surface area contributed by atoms with Crippen LogP contribution < -0.4 is 9.47 Å². The van der Waals surface area contributed by atoms with E-state index in [1.165, 1.54) is 0 Å². The van der Waals surface area contributed by atoms with Gasteiger partial charge in [0.2, 0.25) is 0 Å². The second-order valence-corrected chi connectivity index (χ2v) is 5.74. The van der Waals surface area contributed by atoms with Crippen molar-refractivity contribution in [3.8, 4) is 11.5 Å². The Bertz CT molecular complexity index is 433. The molecule has 1 aromatic carbocycles. The molecule has 0 saturated carbocycles. The lowest BCUT2D eigenvalue weighted by atomic mass is 10.1. The van der Waals surface area contributed by atoms with Crippen molar-refractivity contribution in [1.82, 2.24) is 0 Å². The molecule has 92 valence electrons. The van der Waals surface area contributed by atoms with Crippen LogP contribution in [0.2, 0.25) is 0 Å². The van der Waals surface area contributed by atoms with Gasteiger partial charge in [-0.1, -0.05) is 15.9 Å². The van der Waals surface area contributed by atoms with Gasteiger partial charge < -0.3 is 14.6 Å². The average Bonchev–Trinajstić information content (AvgIpc) is 2.55. The lowest BCUT2D eigenvalue weighted by Crippen LogP contribution is -2.09. The number of aliphatic hydroxyl groups is 1. The quantitative estimate of drug-likeness (QED) is 0.748. The van der Waals surface area contributed by atoms with E-state index in [1.54, 1.807) is 0 Å². The molecule has 1 aromatic rings. The third-order valence-electron chi connectivity index (χ3n) is 3.34. The van der Waals surface area contributed by atoms with Crippen molar-refractivity contribution >= 4 is 15.9 Å². The lowest BCUT2D eigenvalue weighted by Gasteiger charge is -2.18. The molecule has 3 rings (SSSR count). The van der Waals surface area contributed by atoms with E-state index in [-0.39, 0.29) is 4.83 Å². The highest BCUT2D eigenvalue weighted by Crippen LogP contribution is 2.42. The van der Waals surface area contributed by atoms with Gasteiger partial charge in [0.25, 0.3) is 0 Å². The molecule has 0 fully saturated rings. The second kappa shape index (κ2) is 4.50. The minimum absolute atomic E-state index is 0.103. The van der Waals surface area contributed by atoms with Crippen LogP contribution >= 0.6 is 15.9 Å². The molecule has 4 heteroatoms. The molecule has 1 heterocycles. The van der Waals surface area contributed by atoms with E-state index < -0.39 is 6.10 Å². The summed E-state index contributed by atoms with van der Waals surface area (Å²) < 4.78 is 11.4. The summed E-state index contributed by atoms with van der Waals surface area (Å²) in [7, 11) is 0. The van der Waals surface area contributed by atoms with Crippen LogP contribution in [0, 0.1) is 0 Å². The van der Waals surface area contributed by atoms with Crippen LogP contribution in [0.3, 0.4) is 0 Å². The number of hydrogen-bond acceptors (Lipinski definition) is 3. The fourth-order valence-corrected chi connectivity index (χ4v) is 3.01. The first-order valence-corrected chi connectivity index (χ1v) is 6.92. The highest BCUT2D eigenvalue weighted by molar-refractivity contribution is 9.09. The van der Waals surface area contributed by atoms with Gasteiger partial charge in [-0.05, 0) is 42.5 Å². The normalized spacial score (nSPS) is 27.2. The average molecular weight is 299 g/mol. The van der Waals surface area contributed by atoms with Gasteiger partial charge in [0.1, 0.15) is 0 Å². The van der Waals surface area contributed by atoms with Gasteiger partial charge in [0, 0.05) is 4.83 Å². The minimum atomic E-state index is -0.440. The largest absolute Gasteiger partial charge is 0.490 e. The molecule has 1 aliphatic carbocycles. The van der Waals surface area contributed by atoms with Crippen molar-refractivity contribution in [3.63, 3.8) is 0 Å². The van der Waals surface area contributed by atoms with Crippen molar-refractivity contribution in [1.29, 1.82) is 0 Å². The first kappa shape index (κ1) is 11.4. The monoisotopic (exact) mass is 298 g/mol. The molecule has 1 aliphatic heterocycles. The van der Waals surface area contributed by atoms with Crippen LogP contribution in [0.25, 0.3) is 0 Å². The molecule has 1 N–H and O–H groups in total. The molecule has 2 aliphatic rings. The number of rotatable bonds is 0. The van der Waals surface area contributed by atoms with Crippen molar-refractivity contribution in [2.45, 2.75) is 30.2 Å². The van der Waals surface area contributed by atoms with Crippen molar-refractivity contribution in [2.24, 2.45) is 0 Å². The van der Waals surface area contributed by atoms with E-state index in [1.807, 2.05) is 12.1 Å². The first-order valence-electron chi connectivity index (χ1n) is 6.00. The van der Waals surface area contributed by atoms with Gasteiger partial charge in [-0.3, -0.25) is 0 Å². The van der Waals surface area contributed by atoms with E-state index in [4.69, 9.17) is 9.47 Å². The summed E-state index contributed by atoms with van der Waals surface area (Å²) in [5.41, 5.74) is 2.12. The number of aliphatic hydroxyl groups excluding tert-OH is 1. The van der Waals surface area contributed by atoms with Crippen LogP contribution in [-0.4, -0.2) is 23.1 Å². The zero-order valence-corrected chi connectivity index (χ0v) is 11.1. The molecule has 2 atom stereocenters. The SMILES string of the molecule is OC1c2cc3c(cc2CC1Br)OCCCCO3. The Morgan fingerprint density at radius 3 is 2.47 bits per heavy atom. The summed E-state index contributed by atoms with van der Waals surface area (Å²) in [5, 5.41) is 10.0. The Morgan fingerprint density at radius 1 is 1.12 bits per heavy atom. The Morgan fingerprint density at radius 2 is 1.76 bits per heavy atom. The smallest absolute Gasteiger partial charge is 0.161 e. The van der Waals surface area contributed by atoms with Crippen LogP contribution in [-0.2, 0) is 6.42 Å². The van der Waals surface area contributed by atoms with Crippen LogP contribution in [0.1, 0.15) is 30.1 Å². The molecule has 0 aromatic heterocycles. The van der Waals surface area contributed by atoms with Crippen LogP contribution in [0.4, 0.5) is 0 Å². The zero-order chi connectivity index (χ0) is 11.8. The molecule has 0 amide bonds. The van der Waals surface area contributed by atoms with E-state index in [9.17, 15) is 5.11 Å². The lowest BCUT2D eigenvalue weighted by molar-refractivity contribution is 0.186. The minimum Gasteiger partial charge on any atom is -0.490 e. The maximum absolute atomic E-state index is 10.0.